The van der Waals surface area contributed by atoms with Crippen molar-refractivity contribution in [3.63, 3.8) is 0 Å². The maximum absolute atomic E-state index is 10.7. The summed E-state index contributed by atoms with van der Waals surface area (Å²) in [6.07, 6.45) is 0.534. The molecule has 0 heterocycles. The van der Waals surface area contributed by atoms with E-state index in [0.29, 0.717) is 12.3 Å². The molecule has 0 bridgehead atoms. The second kappa shape index (κ2) is 4.85. The monoisotopic (exact) mass is 159 g/mol. The van der Waals surface area contributed by atoms with Crippen LogP contribution in [0.1, 0.15) is 20.3 Å². The fourth-order valence-corrected chi connectivity index (χ4v) is 0.739. The van der Waals surface area contributed by atoms with Gasteiger partial charge in [0.05, 0.1) is 0 Å². The lowest BCUT2D eigenvalue weighted by Gasteiger charge is -2.09. The molecular formula is C7H13NO3. The third kappa shape index (κ3) is 4.50. The van der Waals surface area contributed by atoms with Crippen molar-refractivity contribution in [1.29, 1.82) is 0 Å². The van der Waals surface area contributed by atoms with Gasteiger partial charge in [-0.3, -0.25) is 4.79 Å². The summed E-state index contributed by atoms with van der Waals surface area (Å²) in [4.78, 5) is 20.4. The SMILES string of the molecule is CC(C)CC(N)C(=O)OC=O. The minimum Gasteiger partial charge on any atom is -0.394 e. The van der Waals surface area contributed by atoms with Gasteiger partial charge >= 0.3 is 12.4 Å². The average molecular weight is 159 g/mol. The molecule has 0 aromatic carbocycles. The van der Waals surface area contributed by atoms with Gasteiger partial charge in [0.15, 0.2) is 0 Å². The van der Waals surface area contributed by atoms with Crippen molar-refractivity contribution in [1.82, 2.24) is 0 Å². The number of carbonyl (C=O) groups excluding carboxylic acids is 2. The predicted octanol–water partition coefficient (Wildman–Crippen LogP) is 0.0594. The van der Waals surface area contributed by atoms with Crippen LogP contribution in [-0.2, 0) is 14.3 Å². The molecule has 0 fully saturated rings. The number of esters is 1. The summed E-state index contributed by atoms with van der Waals surface area (Å²) in [6.45, 7) is 3.98. The predicted molar refractivity (Wildman–Crippen MR) is 39.6 cm³/mol. The van der Waals surface area contributed by atoms with E-state index in [0.717, 1.165) is 0 Å². The highest BCUT2D eigenvalue weighted by Gasteiger charge is 2.15. The lowest BCUT2D eigenvalue weighted by molar-refractivity contribution is -0.152. The van der Waals surface area contributed by atoms with Crippen molar-refractivity contribution in [2.75, 3.05) is 0 Å². The highest BCUT2D eigenvalue weighted by atomic mass is 16.6. The number of hydrogen-bond donors (Lipinski definition) is 1. The number of ether oxygens (including phenoxy) is 1. The van der Waals surface area contributed by atoms with Gasteiger partial charge in [0.2, 0.25) is 0 Å². The van der Waals surface area contributed by atoms with Crippen molar-refractivity contribution < 1.29 is 14.3 Å². The first-order valence-electron chi connectivity index (χ1n) is 3.47. The molecule has 2 N–H and O–H groups in total. The fourth-order valence-electron chi connectivity index (χ4n) is 0.739. The van der Waals surface area contributed by atoms with Crippen LogP contribution in [0.2, 0.25) is 0 Å². The first-order valence-corrected chi connectivity index (χ1v) is 3.47. The average Bonchev–Trinajstić information content (AvgIpc) is 1.86. The molecule has 4 nitrogen and oxygen atoms in total. The van der Waals surface area contributed by atoms with E-state index in [2.05, 4.69) is 4.74 Å². The Labute approximate surface area is 65.7 Å². The van der Waals surface area contributed by atoms with E-state index >= 15 is 0 Å². The van der Waals surface area contributed by atoms with Crippen LogP contribution >= 0.6 is 0 Å². The maximum atomic E-state index is 10.7. The molecule has 0 aliphatic rings. The number of rotatable bonds is 4. The zero-order chi connectivity index (χ0) is 8.85. The number of carbonyl (C=O) groups is 2. The first kappa shape index (κ1) is 10.1. The number of nitrogens with two attached hydrogens (primary N) is 1. The Hall–Kier alpha value is -0.900. The molecule has 0 spiro atoms. The second-order valence-electron chi connectivity index (χ2n) is 2.77. The highest BCUT2D eigenvalue weighted by Crippen LogP contribution is 2.03. The van der Waals surface area contributed by atoms with Gasteiger partial charge in [-0.2, -0.15) is 0 Å². The summed E-state index contributed by atoms with van der Waals surface area (Å²) >= 11 is 0. The summed E-state index contributed by atoms with van der Waals surface area (Å²) in [5.74, 6) is -0.335. The zero-order valence-corrected chi connectivity index (χ0v) is 6.74. The van der Waals surface area contributed by atoms with Crippen molar-refractivity contribution in [3.05, 3.63) is 0 Å². The lowest BCUT2D eigenvalue weighted by atomic mass is 10.1. The molecule has 0 aliphatic heterocycles. The third-order valence-electron chi connectivity index (χ3n) is 1.19. The molecule has 0 radical (unpaired) electrons. The Morgan fingerprint density at radius 2 is 2.18 bits per heavy atom. The van der Waals surface area contributed by atoms with Crippen LogP contribution in [0.25, 0.3) is 0 Å². The zero-order valence-electron chi connectivity index (χ0n) is 6.74. The van der Waals surface area contributed by atoms with E-state index in [1.807, 2.05) is 13.8 Å². The molecule has 1 unspecified atom stereocenters. The van der Waals surface area contributed by atoms with E-state index < -0.39 is 12.0 Å². The Bertz CT molecular complexity index is 145. The van der Waals surface area contributed by atoms with E-state index in [4.69, 9.17) is 5.73 Å². The van der Waals surface area contributed by atoms with Crippen LogP contribution in [0.15, 0.2) is 0 Å². The minimum absolute atomic E-state index is 0.0997. The maximum Gasteiger partial charge on any atom is 0.330 e. The van der Waals surface area contributed by atoms with Crippen LogP contribution in [0.5, 0.6) is 0 Å². The Kier molecular flexibility index (Phi) is 4.45. The summed E-state index contributed by atoms with van der Waals surface area (Å²) in [6, 6.07) is -0.680. The van der Waals surface area contributed by atoms with Gasteiger partial charge in [0, 0.05) is 0 Å². The quantitative estimate of drug-likeness (QED) is 0.358. The second-order valence-corrected chi connectivity index (χ2v) is 2.77. The van der Waals surface area contributed by atoms with Gasteiger partial charge in [-0.1, -0.05) is 13.8 Å². The molecule has 0 aromatic rings. The summed E-state index contributed by atoms with van der Waals surface area (Å²) in [7, 11) is 0. The van der Waals surface area contributed by atoms with E-state index in [1.54, 1.807) is 0 Å². The molecular weight excluding hydrogens is 146 g/mol. The molecule has 64 valence electrons. The number of hydrogen-bond acceptors (Lipinski definition) is 4. The molecule has 0 rings (SSSR count). The molecule has 0 amide bonds. The van der Waals surface area contributed by atoms with Crippen LogP contribution < -0.4 is 5.73 Å². The normalized spacial score (nSPS) is 12.7. The van der Waals surface area contributed by atoms with Crippen molar-refractivity contribution in [2.45, 2.75) is 26.3 Å². The van der Waals surface area contributed by atoms with Gasteiger partial charge in [0.1, 0.15) is 6.04 Å². The Morgan fingerprint density at radius 1 is 1.64 bits per heavy atom. The summed E-state index contributed by atoms with van der Waals surface area (Å²) in [5.41, 5.74) is 5.37. The molecule has 1 atom stereocenters. The Morgan fingerprint density at radius 3 is 2.55 bits per heavy atom. The topological polar surface area (TPSA) is 69.4 Å². The third-order valence-corrected chi connectivity index (χ3v) is 1.19. The molecule has 11 heavy (non-hydrogen) atoms. The Balaban J connectivity index is 3.72. The molecule has 0 saturated carbocycles. The van der Waals surface area contributed by atoms with Gasteiger partial charge in [-0.05, 0) is 12.3 Å². The van der Waals surface area contributed by atoms with E-state index in [-0.39, 0.29) is 6.47 Å². The van der Waals surface area contributed by atoms with Crippen LogP contribution in [-0.4, -0.2) is 18.5 Å². The fraction of sp³-hybridized carbons (Fsp3) is 0.714. The first-order chi connectivity index (χ1) is 5.07. The summed E-state index contributed by atoms with van der Waals surface area (Å²) < 4.78 is 4.06. The van der Waals surface area contributed by atoms with E-state index in [1.165, 1.54) is 0 Å². The van der Waals surface area contributed by atoms with Gasteiger partial charge in [-0.15, -0.1) is 0 Å². The standard InChI is InChI=1S/C7H13NO3/c1-5(2)3-6(8)7(10)11-4-9/h4-6H,3,8H2,1-2H3. The van der Waals surface area contributed by atoms with Gasteiger partial charge < -0.3 is 10.5 Å². The minimum atomic E-state index is -0.680. The molecule has 4 heteroatoms. The van der Waals surface area contributed by atoms with Crippen molar-refractivity contribution >= 4 is 12.4 Å². The van der Waals surface area contributed by atoms with Crippen LogP contribution in [0.4, 0.5) is 0 Å². The van der Waals surface area contributed by atoms with Crippen molar-refractivity contribution in [3.8, 4) is 0 Å². The summed E-state index contributed by atoms with van der Waals surface area (Å²) in [5, 5.41) is 0. The molecule has 0 saturated heterocycles. The van der Waals surface area contributed by atoms with Crippen LogP contribution in [0.3, 0.4) is 0 Å². The smallest absolute Gasteiger partial charge is 0.330 e. The molecule has 0 aliphatic carbocycles. The highest BCUT2D eigenvalue weighted by molar-refractivity contribution is 5.81. The van der Waals surface area contributed by atoms with Crippen molar-refractivity contribution in [2.24, 2.45) is 11.7 Å². The van der Waals surface area contributed by atoms with Gasteiger partial charge in [-0.25, -0.2) is 4.79 Å². The molecule has 0 aromatic heterocycles. The van der Waals surface area contributed by atoms with Crippen LogP contribution in [0, 0.1) is 5.92 Å². The lowest BCUT2D eigenvalue weighted by Crippen LogP contribution is -2.33. The van der Waals surface area contributed by atoms with Gasteiger partial charge in [0.25, 0.3) is 0 Å². The largest absolute Gasteiger partial charge is 0.394 e. The van der Waals surface area contributed by atoms with E-state index in [9.17, 15) is 9.59 Å².